The summed E-state index contributed by atoms with van der Waals surface area (Å²) >= 11 is 1.98. The zero-order chi connectivity index (χ0) is 14.8. The number of halogens is 2. The lowest BCUT2D eigenvalue weighted by Crippen LogP contribution is -2.26. The predicted octanol–water partition coefficient (Wildman–Crippen LogP) is 3.65. The van der Waals surface area contributed by atoms with Crippen molar-refractivity contribution in [1.82, 2.24) is 14.9 Å². The fourth-order valence-corrected chi connectivity index (χ4v) is 4.44. The molecule has 2 saturated heterocycles. The molecule has 1 aromatic heterocycles. The van der Waals surface area contributed by atoms with Gasteiger partial charge in [0.2, 0.25) is 0 Å². The third-order valence-corrected chi connectivity index (χ3v) is 5.47. The fourth-order valence-electron chi connectivity index (χ4n) is 3.24. The molecule has 0 amide bonds. The number of piperidine rings is 1. The highest BCUT2D eigenvalue weighted by atomic mass is 35.5. The maximum Gasteiger partial charge on any atom is 0.0731 e. The zero-order valence-corrected chi connectivity index (χ0v) is 15.9. The lowest BCUT2D eigenvalue weighted by molar-refractivity contribution is 0.241. The zero-order valence-electron chi connectivity index (χ0n) is 13.4. The number of pyridine rings is 1. The van der Waals surface area contributed by atoms with Crippen LogP contribution in [0.15, 0.2) is 41.3 Å². The third-order valence-electron chi connectivity index (χ3n) is 4.45. The number of nitrogens with zero attached hydrogens (tertiary/aromatic N) is 4. The van der Waals surface area contributed by atoms with Crippen LogP contribution < -0.4 is 0 Å². The van der Waals surface area contributed by atoms with Gasteiger partial charge in [-0.05, 0) is 37.5 Å². The topological polar surface area (TPSA) is 31.7 Å². The highest BCUT2D eigenvalue weighted by Gasteiger charge is 2.35. The number of rotatable bonds is 2. The van der Waals surface area contributed by atoms with Crippen LogP contribution in [0, 0.1) is 0 Å². The van der Waals surface area contributed by atoms with Crippen LogP contribution in [-0.4, -0.2) is 51.5 Å². The summed E-state index contributed by atoms with van der Waals surface area (Å²) in [4.78, 5) is 6.71. The van der Waals surface area contributed by atoms with Gasteiger partial charge in [-0.1, -0.05) is 0 Å². The van der Waals surface area contributed by atoms with Gasteiger partial charge in [-0.25, -0.2) is 0 Å². The molecule has 7 heteroatoms. The van der Waals surface area contributed by atoms with E-state index < -0.39 is 0 Å². The number of hydrogen-bond donors (Lipinski definition) is 0. The van der Waals surface area contributed by atoms with Gasteiger partial charge in [0.15, 0.2) is 0 Å². The summed E-state index contributed by atoms with van der Waals surface area (Å²) in [6.45, 7) is 2.14. The molecule has 0 aromatic carbocycles. The molecule has 0 radical (unpaired) electrons. The minimum absolute atomic E-state index is 0. The van der Waals surface area contributed by atoms with Gasteiger partial charge in [-0.2, -0.15) is 0 Å². The molecule has 0 N–H and O–H groups in total. The Kier molecular flexibility index (Phi) is 7.05. The summed E-state index contributed by atoms with van der Waals surface area (Å²) in [5, 5.41) is 6.77. The number of hydrogen-bond acceptors (Lipinski definition) is 5. The van der Waals surface area contributed by atoms with Crippen molar-refractivity contribution in [2.45, 2.75) is 25.3 Å². The van der Waals surface area contributed by atoms with E-state index in [9.17, 15) is 0 Å². The Balaban J connectivity index is 0.00000104. The van der Waals surface area contributed by atoms with Crippen LogP contribution in [0.5, 0.6) is 0 Å². The SMILES string of the molecule is C(=NN1CCCCC1)=C1C=C(c2cccnc2)N2CSCC12.Cl.Cl. The van der Waals surface area contributed by atoms with Crippen LogP contribution in [0.1, 0.15) is 24.8 Å². The fraction of sp³-hybridized carbons (Fsp3) is 0.471. The van der Waals surface area contributed by atoms with Crippen molar-refractivity contribution >= 4 is 48.1 Å². The Hall–Kier alpha value is -1.13. The van der Waals surface area contributed by atoms with E-state index in [0.717, 1.165) is 24.7 Å². The molecule has 2 fully saturated rings. The smallest absolute Gasteiger partial charge is 0.0731 e. The maximum atomic E-state index is 4.60. The molecular formula is C17H22Cl2N4S. The lowest BCUT2D eigenvalue weighted by Gasteiger charge is -2.22. The molecule has 1 atom stereocenters. The molecule has 4 nitrogen and oxygen atoms in total. The van der Waals surface area contributed by atoms with E-state index in [2.05, 4.69) is 38.0 Å². The first-order chi connectivity index (χ1) is 10.9. The summed E-state index contributed by atoms with van der Waals surface area (Å²) in [5.41, 5.74) is 3.67. The Morgan fingerprint density at radius 3 is 2.79 bits per heavy atom. The van der Waals surface area contributed by atoms with Crippen molar-refractivity contribution in [3.05, 3.63) is 41.7 Å². The molecule has 3 aliphatic heterocycles. The van der Waals surface area contributed by atoms with Crippen molar-refractivity contribution in [2.24, 2.45) is 5.10 Å². The van der Waals surface area contributed by atoms with Gasteiger partial charge in [-0.15, -0.1) is 41.7 Å². The largest absolute Gasteiger partial charge is 0.353 e. The molecule has 24 heavy (non-hydrogen) atoms. The monoisotopic (exact) mass is 384 g/mol. The quantitative estimate of drug-likeness (QED) is 0.728. The molecule has 0 bridgehead atoms. The van der Waals surface area contributed by atoms with E-state index in [1.807, 2.05) is 30.2 Å². The van der Waals surface area contributed by atoms with E-state index >= 15 is 0 Å². The van der Waals surface area contributed by atoms with E-state index in [4.69, 9.17) is 0 Å². The molecule has 4 heterocycles. The van der Waals surface area contributed by atoms with Gasteiger partial charge in [0.25, 0.3) is 0 Å². The van der Waals surface area contributed by atoms with E-state index in [-0.39, 0.29) is 24.8 Å². The molecular weight excluding hydrogens is 363 g/mol. The van der Waals surface area contributed by atoms with Gasteiger partial charge >= 0.3 is 0 Å². The average Bonchev–Trinajstić information content (AvgIpc) is 3.17. The third kappa shape index (κ3) is 3.92. The molecule has 0 aliphatic carbocycles. The molecule has 4 rings (SSSR count). The van der Waals surface area contributed by atoms with Crippen LogP contribution >= 0.6 is 36.6 Å². The van der Waals surface area contributed by atoms with Crippen LogP contribution in [0.3, 0.4) is 0 Å². The van der Waals surface area contributed by atoms with Crippen LogP contribution in [0.4, 0.5) is 0 Å². The van der Waals surface area contributed by atoms with Gasteiger partial charge in [0, 0.05) is 53.9 Å². The second-order valence-electron chi connectivity index (χ2n) is 5.94. The molecule has 0 spiro atoms. The molecule has 3 aliphatic rings. The Morgan fingerprint density at radius 1 is 1.21 bits per heavy atom. The van der Waals surface area contributed by atoms with Gasteiger partial charge < -0.3 is 4.90 Å². The van der Waals surface area contributed by atoms with Crippen molar-refractivity contribution in [3.8, 4) is 0 Å². The second-order valence-corrected chi connectivity index (χ2v) is 6.94. The van der Waals surface area contributed by atoms with Crippen molar-refractivity contribution < 1.29 is 0 Å². The van der Waals surface area contributed by atoms with E-state index in [0.29, 0.717) is 6.04 Å². The molecule has 0 saturated carbocycles. The van der Waals surface area contributed by atoms with Gasteiger partial charge in [0.05, 0.1) is 11.9 Å². The normalized spacial score (nSPS) is 22.1. The van der Waals surface area contributed by atoms with Gasteiger partial charge in [0.1, 0.15) is 0 Å². The van der Waals surface area contributed by atoms with E-state index in [1.165, 1.54) is 36.1 Å². The maximum absolute atomic E-state index is 4.60. The number of aromatic nitrogens is 1. The number of fused-ring (bicyclic) bond motifs is 1. The minimum Gasteiger partial charge on any atom is -0.353 e. The van der Waals surface area contributed by atoms with Crippen LogP contribution in [0.25, 0.3) is 5.70 Å². The highest BCUT2D eigenvalue weighted by molar-refractivity contribution is 7.99. The minimum atomic E-state index is 0. The summed E-state index contributed by atoms with van der Waals surface area (Å²) in [5.74, 6) is 5.50. The molecule has 1 aromatic rings. The first-order valence-corrected chi connectivity index (χ1v) is 9.12. The first-order valence-electron chi connectivity index (χ1n) is 7.97. The summed E-state index contributed by atoms with van der Waals surface area (Å²) < 4.78 is 0. The standard InChI is InChI=1S/C17H20N4S.2ClH/c1-2-7-20(8-3-1)19-11-15-9-16(14-5-4-6-18-10-14)21-13-22-12-17(15)21;;/h4-6,9-10,17H,1-3,7-8,12-13H2;2*1H. The second kappa shape index (κ2) is 8.82. The Morgan fingerprint density at radius 2 is 2.04 bits per heavy atom. The van der Waals surface area contributed by atoms with Gasteiger partial charge in [-0.3, -0.25) is 9.99 Å². The first kappa shape index (κ1) is 19.2. The predicted molar refractivity (Wildman–Crippen MR) is 106 cm³/mol. The summed E-state index contributed by atoms with van der Waals surface area (Å²) in [6.07, 6.45) is 9.85. The number of hydrazone groups is 1. The van der Waals surface area contributed by atoms with Crippen molar-refractivity contribution in [1.29, 1.82) is 0 Å². The van der Waals surface area contributed by atoms with Crippen molar-refractivity contribution in [3.63, 3.8) is 0 Å². The lowest BCUT2D eigenvalue weighted by atomic mass is 10.1. The summed E-state index contributed by atoms with van der Waals surface area (Å²) in [6, 6.07) is 4.55. The van der Waals surface area contributed by atoms with E-state index in [1.54, 1.807) is 0 Å². The van der Waals surface area contributed by atoms with Crippen LogP contribution in [0.2, 0.25) is 0 Å². The van der Waals surface area contributed by atoms with Crippen molar-refractivity contribution in [2.75, 3.05) is 24.7 Å². The Labute approximate surface area is 159 Å². The van der Waals surface area contributed by atoms with Crippen LogP contribution in [-0.2, 0) is 0 Å². The highest BCUT2D eigenvalue weighted by Crippen LogP contribution is 2.39. The Bertz CT molecular complexity index is 637. The molecule has 130 valence electrons. The number of thioether (sulfide) groups is 1. The molecule has 1 unspecified atom stereocenters. The average molecular weight is 385 g/mol. The summed E-state index contributed by atoms with van der Waals surface area (Å²) in [7, 11) is 0.